The maximum Gasteiger partial charge on any atom is 0.263 e. The Morgan fingerprint density at radius 3 is 2.72 bits per heavy atom. The Labute approximate surface area is 152 Å². The van der Waals surface area contributed by atoms with Crippen LogP contribution in [0, 0.1) is 10.8 Å². The van der Waals surface area contributed by atoms with Crippen molar-refractivity contribution in [3.8, 4) is 0 Å². The van der Waals surface area contributed by atoms with Crippen LogP contribution in [0.15, 0.2) is 17.5 Å². The first-order valence-electron chi connectivity index (χ1n) is 9.24. The maximum absolute atomic E-state index is 13.0. The van der Waals surface area contributed by atoms with Crippen LogP contribution in [0.1, 0.15) is 48.7 Å². The Hall–Kier alpha value is -1.40. The number of aliphatic hydroxyl groups excluding tert-OH is 1. The van der Waals surface area contributed by atoms with E-state index in [-0.39, 0.29) is 35.3 Å². The molecule has 2 atom stereocenters. The van der Waals surface area contributed by atoms with Crippen LogP contribution < -0.4 is 0 Å². The minimum atomic E-state index is -0.245. The van der Waals surface area contributed by atoms with Gasteiger partial charge in [0.05, 0.1) is 17.5 Å². The van der Waals surface area contributed by atoms with Crippen LogP contribution in [0.4, 0.5) is 0 Å². The van der Waals surface area contributed by atoms with Crippen molar-refractivity contribution in [2.75, 3.05) is 26.2 Å². The van der Waals surface area contributed by atoms with Gasteiger partial charge < -0.3 is 14.9 Å². The molecule has 2 amide bonds. The fraction of sp³-hybridized carbons (Fsp3) is 0.684. The molecule has 5 nitrogen and oxygen atoms in total. The van der Waals surface area contributed by atoms with Crippen molar-refractivity contribution in [3.05, 3.63) is 22.4 Å². The van der Waals surface area contributed by atoms with Crippen LogP contribution >= 0.6 is 11.3 Å². The van der Waals surface area contributed by atoms with Gasteiger partial charge in [-0.05, 0) is 43.6 Å². The SMILES string of the molecule is CC1(C(=O)N2CCC[C@]3(CO)CCN(C(=O)c4cccs4)C[C@@H]23)CC1. The molecule has 4 rings (SSSR count). The molecule has 1 aromatic rings. The van der Waals surface area contributed by atoms with E-state index in [1.54, 1.807) is 0 Å². The van der Waals surface area contributed by atoms with Gasteiger partial charge >= 0.3 is 0 Å². The molecule has 1 N–H and O–H groups in total. The van der Waals surface area contributed by atoms with Gasteiger partial charge in [-0.15, -0.1) is 11.3 Å². The Balaban J connectivity index is 1.59. The molecular formula is C19H26N2O3S. The van der Waals surface area contributed by atoms with E-state index in [1.807, 2.05) is 34.2 Å². The van der Waals surface area contributed by atoms with Crippen molar-refractivity contribution in [1.29, 1.82) is 0 Å². The van der Waals surface area contributed by atoms with E-state index >= 15 is 0 Å². The maximum atomic E-state index is 13.0. The summed E-state index contributed by atoms with van der Waals surface area (Å²) in [6.07, 6.45) is 4.57. The van der Waals surface area contributed by atoms with Crippen molar-refractivity contribution in [3.63, 3.8) is 0 Å². The van der Waals surface area contributed by atoms with Crippen molar-refractivity contribution in [2.45, 2.75) is 45.1 Å². The zero-order chi connectivity index (χ0) is 17.7. The second-order valence-electron chi connectivity index (χ2n) is 8.18. The summed E-state index contributed by atoms with van der Waals surface area (Å²) in [5, 5.41) is 12.1. The number of fused-ring (bicyclic) bond motifs is 1. The highest BCUT2D eigenvalue weighted by Gasteiger charge is 2.54. The highest BCUT2D eigenvalue weighted by Crippen LogP contribution is 2.50. The number of carbonyl (C=O) groups excluding carboxylic acids is 2. The van der Waals surface area contributed by atoms with Crippen molar-refractivity contribution in [2.24, 2.45) is 10.8 Å². The van der Waals surface area contributed by atoms with E-state index < -0.39 is 0 Å². The second-order valence-corrected chi connectivity index (χ2v) is 9.13. The van der Waals surface area contributed by atoms with Crippen LogP contribution in [-0.2, 0) is 4.79 Å². The normalized spacial score (nSPS) is 30.7. The van der Waals surface area contributed by atoms with Crippen molar-refractivity contribution in [1.82, 2.24) is 9.80 Å². The van der Waals surface area contributed by atoms with Crippen LogP contribution in [0.25, 0.3) is 0 Å². The van der Waals surface area contributed by atoms with Gasteiger partial charge in [-0.25, -0.2) is 0 Å². The molecule has 1 aromatic heterocycles. The standard InChI is InChI=1S/C19H26N2O3S/c1-18(6-7-18)17(24)21-9-3-5-19(13-22)8-10-20(12-15(19)21)16(23)14-4-2-11-25-14/h2,4,11,15,22H,3,5-10,12-13H2,1H3/t15-,19-/m1/s1. The summed E-state index contributed by atoms with van der Waals surface area (Å²) < 4.78 is 0. The number of amides is 2. The molecule has 2 aliphatic heterocycles. The molecule has 0 bridgehead atoms. The molecule has 3 heterocycles. The number of aliphatic hydroxyl groups is 1. The van der Waals surface area contributed by atoms with E-state index in [9.17, 15) is 14.7 Å². The molecule has 6 heteroatoms. The first kappa shape index (κ1) is 17.0. The van der Waals surface area contributed by atoms with Gasteiger partial charge in [-0.1, -0.05) is 13.0 Å². The Bertz CT molecular complexity index is 670. The predicted molar refractivity (Wildman–Crippen MR) is 96.4 cm³/mol. The lowest BCUT2D eigenvalue weighted by Gasteiger charge is -2.54. The zero-order valence-corrected chi connectivity index (χ0v) is 15.6. The molecular weight excluding hydrogens is 336 g/mol. The first-order valence-corrected chi connectivity index (χ1v) is 10.1. The highest BCUT2D eigenvalue weighted by molar-refractivity contribution is 7.12. The van der Waals surface area contributed by atoms with Gasteiger partial charge in [0.1, 0.15) is 0 Å². The molecule has 1 saturated carbocycles. The molecule has 0 unspecified atom stereocenters. The van der Waals surface area contributed by atoms with Crippen molar-refractivity contribution >= 4 is 23.2 Å². The van der Waals surface area contributed by atoms with E-state index in [1.165, 1.54) is 11.3 Å². The Morgan fingerprint density at radius 1 is 1.28 bits per heavy atom. The largest absolute Gasteiger partial charge is 0.396 e. The van der Waals surface area contributed by atoms with Crippen LogP contribution in [0.2, 0.25) is 0 Å². The lowest BCUT2D eigenvalue weighted by atomic mass is 9.68. The third-order valence-corrected chi connectivity index (χ3v) is 7.40. The monoisotopic (exact) mass is 362 g/mol. The molecule has 3 aliphatic rings. The second kappa shape index (κ2) is 6.09. The smallest absolute Gasteiger partial charge is 0.263 e. The van der Waals surface area contributed by atoms with E-state index in [0.29, 0.717) is 13.1 Å². The van der Waals surface area contributed by atoms with Gasteiger partial charge in [-0.2, -0.15) is 0 Å². The summed E-state index contributed by atoms with van der Waals surface area (Å²) in [4.78, 5) is 30.5. The van der Waals surface area contributed by atoms with Gasteiger partial charge in [0.15, 0.2) is 0 Å². The lowest BCUT2D eigenvalue weighted by Crippen LogP contribution is -2.65. The minimum absolute atomic E-state index is 0.0529. The van der Waals surface area contributed by atoms with Gasteiger partial charge in [0, 0.05) is 30.5 Å². The number of likely N-dealkylation sites (tertiary alicyclic amines) is 2. The molecule has 3 fully saturated rings. The van der Waals surface area contributed by atoms with Gasteiger partial charge in [0.2, 0.25) is 5.91 Å². The first-order chi connectivity index (χ1) is 12.0. The topological polar surface area (TPSA) is 60.9 Å². The van der Waals surface area contributed by atoms with E-state index in [0.717, 1.165) is 43.5 Å². The third-order valence-electron chi connectivity index (χ3n) is 6.54. The molecule has 0 spiro atoms. The molecule has 25 heavy (non-hydrogen) atoms. The fourth-order valence-corrected chi connectivity index (χ4v) is 5.18. The molecule has 2 saturated heterocycles. The number of carbonyl (C=O) groups is 2. The average Bonchev–Trinajstić information content (AvgIpc) is 3.17. The number of hydrogen-bond donors (Lipinski definition) is 1. The molecule has 0 radical (unpaired) electrons. The number of thiophene rings is 1. The van der Waals surface area contributed by atoms with Gasteiger partial charge in [0.25, 0.3) is 5.91 Å². The van der Waals surface area contributed by atoms with Crippen LogP contribution in [-0.4, -0.2) is 59.0 Å². The average molecular weight is 362 g/mol. The van der Waals surface area contributed by atoms with Crippen LogP contribution in [0.5, 0.6) is 0 Å². The summed E-state index contributed by atoms with van der Waals surface area (Å²) in [6, 6.07) is 3.69. The third kappa shape index (κ3) is 2.79. The van der Waals surface area contributed by atoms with Crippen LogP contribution in [0.3, 0.4) is 0 Å². The molecule has 136 valence electrons. The predicted octanol–water partition coefficient (Wildman–Crippen LogP) is 2.36. The Kier molecular flexibility index (Phi) is 4.15. The van der Waals surface area contributed by atoms with Gasteiger partial charge in [-0.3, -0.25) is 9.59 Å². The number of hydrogen-bond acceptors (Lipinski definition) is 4. The summed E-state index contributed by atoms with van der Waals surface area (Å²) in [7, 11) is 0. The quantitative estimate of drug-likeness (QED) is 0.898. The Morgan fingerprint density at radius 2 is 2.08 bits per heavy atom. The number of nitrogens with zero attached hydrogens (tertiary/aromatic N) is 2. The van der Waals surface area contributed by atoms with E-state index in [4.69, 9.17) is 0 Å². The zero-order valence-electron chi connectivity index (χ0n) is 14.7. The summed E-state index contributed by atoms with van der Waals surface area (Å²) >= 11 is 1.46. The lowest BCUT2D eigenvalue weighted by molar-refractivity contribution is -0.151. The summed E-state index contributed by atoms with van der Waals surface area (Å²) in [5.74, 6) is 0.276. The highest BCUT2D eigenvalue weighted by atomic mass is 32.1. The summed E-state index contributed by atoms with van der Waals surface area (Å²) in [5.41, 5.74) is -0.454. The molecule has 1 aliphatic carbocycles. The minimum Gasteiger partial charge on any atom is -0.396 e. The summed E-state index contributed by atoms with van der Waals surface area (Å²) in [6.45, 7) is 4.09. The van der Waals surface area contributed by atoms with E-state index in [2.05, 4.69) is 0 Å². The number of rotatable bonds is 3. The fourth-order valence-electron chi connectivity index (χ4n) is 4.49. The number of piperidine rings is 2. The van der Waals surface area contributed by atoms with Crippen molar-refractivity contribution < 1.29 is 14.7 Å². The molecule has 0 aromatic carbocycles.